The predicted molar refractivity (Wildman–Crippen MR) is 128 cm³/mol. The summed E-state index contributed by atoms with van der Waals surface area (Å²) in [5.74, 6) is -0.135. The zero-order valence-electron chi connectivity index (χ0n) is 18.3. The number of carbonyl (C=O) groups is 2. The van der Waals surface area contributed by atoms with Gasteiger partial charge in [-0.2, -0.15) is 0 Å². The number of ketones is 1. The van der Waals surface area contributed by atoms with Gasteiger partial charge in [-0.3, -0.25) is 4.79 Å². The van der Waals surface area contributed by atoms with E-state index in [1.807, 2.05) is 12.1 Å². The fourth-order valence-electron chi connectivity index (χ4n) is 2.95. The second-order valence-electron chi connectivity index (χ2n) is 7.06. The summed E-state index contributed by atoms with van der Waals surface area (Å²) in [6, 6.07) is 26.4. The number of rotatable bonds is 5. The number of aromatic hydroxyl groups is 2. The number of benzene rings is 4. The normalized spacial score (nSPS) is 9.91. The molecule has 7 nitrogen and oxygen atoms in total. The van der Waals surface area contributed by atoms with Crippen LogP contribution in [0.1, 0.15) is 26.3 Å². The Morgan fingerprint density at radius 1 is 0.706 bits per heavy atom. The first-order chi connectivity index (χ1) is 16.4. The van der Waals surface area contributed by atoms with Gasteiger partial charge < -0.3 is 25.4 Å². The molecule has 0 heterocycles. The summed E-state index contributed by atoms with van der Waals surface area (Å²) in [5.41, 5.74) is 6.77. The number of hydrogen-bond donors (Lipinski definition) is 3. The van der Waals surface area contributed by atoms with Gasteiger partial charge in [0.1, 0.15) is 28.6 Å². The third-order valence-electron chi connectivity index (χ3n) is 4.68. The van der Waals surface area contributed by atoms with Crippen LogP contribution in [0.4, 0.5) is 5.69 Å². The number of carbonyl (C=O) groups excluding carboxylic acids is 2. The van der Waals surface area contributed by atoms with Gasteiger partial charge >= 0.3 is 5.97 Å². The SMILES string of the molecule is COc1ccc(C(=O)c2ccccc2)c(O)c1.Nc1ccc(C(=O)Oc2ccccc2)c(O)c1. The molecule has 0 saturated heterocycles. The molecule has 0 aliphatic heterocycles. The predicted octanol–water partition coefficient (Wildman–Crippen LogP) is 4.83. The standard InChI is InChI=1S/C14H12O3.C13H11NO3/c1-17-11-7-8-12(13(15)9-11)14(16)10-5-3-2-4-6-10;14-9-6-7-11(12(15)8-9)13(16)17-10-4-2-1-3-5-10/h2-9,15H,1H3;1-8,15H,14H2. The van der Waals surface area contributed by atoms with Gasteiger partial charge in [-0.15, -0.1) is 0 Å². The van der Waals surface area contributed by atoms with E-state index in [1.165, 1.54) is 31.4 Å². The molecule has 0 spiro atoms. The number of ether oxygens (including phenoxy) is 2. The molecule has 4 aromatic rings. The molecule has 7 heteroatoms. The van der Waals surface area contributed by atoms with Crippen LogP contribution in [-0.2, 0) is 0 Å². The second kappa shape index (κ2) is 11.2. The molecule has 4 aromatic carbocycles. The molecule has 0 saturated carbocycles. The van der Waals surface area contributed by atoms with Crippen molar-refractivity contribution in [2.24, 2.45) is 0 Å². The maximum absolute atomic E-state index is 12.1. The van der Waals surface area contributed by atoms with E-state index < -0.39 is 5.97 Å². The summed E-state index contributed by atoms with van der Waals surface area (Å²) in [4.78, 5) is 23.8. The topological polar surface area (TPSA) is 119 Å². The quantitative estimate of drug-likeness (QED) is 0.170. The van der Waals surface area contributed by atoms with Gasteiger partial charge in [0.05, 0.1) is 12.7 Å². The van der Waals surface area contributed by atoms with E-state index in [-0.39, 0.29) is 28.4 Å². The molecule has 0 aromatic heterocycles. The van der Waals surface area contributed by atoms with Crippen LogP contribution in [0.3, 0.4) is 0 Å². The molecule has 172 valence electrons. The maximum atomic E-state index is 12.1. The molecule has 0 amide bonds. The van der Waals surface area contributed by atoms with Crippen molar-refractivity contribution in [1.29, 1.82) is 0 Å². The Morgan fingerprint density at radius 3 is 1.88 bits per heavy atom. The van der Waals surface area contributed by atoms with Gasteiger partial charge in [-0.25, -0.2) is 4.79 Å². The van der Waals surface area contributed by atoms with E-state index in [0.29, 0.717) is 22.7 Å². The lowest BCUT2D eigenvalue weighted by Gasteiger charge is -2.06. The van der Waals surface area contributed by atoms with Gasteiger partial charge in [0.25, 0.3) is 0 Å². The van der Waals surface area contributed by atoms with Gasteiger partial charge in [0.2, 0.25) is 0 Å². The lowest BCUT2D eigenvalue weighted by molar-refractivity contribution is 0.0731. The molecule has 0 radical (unpaired) electrons. The van der Waals surface area contributed by atoms with Crippen LogP contribution in [0.2, 0.25) is 0 Å². The number of hydrogen-bond acceptors (Lipinski definition) is 7. The number of esters is 1. The summed E-state index contributed by atoms with van der Waals surface area (Å²) >= 11 is 0. The molecule has 0 aliphatic rings. The molecular formula is C27H23NO6. The molecule has 4 rings (SSSR count). The van der Waals surface area contributed by atoms with Crippen LogP contribution in [0, 0.1) is 0 Å². The van der Waals surface area contributed by atoms with Gasteiger partial charge in [-0.1, -0.05) is 48.5 Å². The summed E-state index contributed by atoms with van der Waals surface area (Å²) in [5, 5.41) is 19.3. The Bertz CT molecular complexity index is 1270. The highest BCUT2D eigenvalue weighted by Gasteiger charge is 2.14. The number of para-hydroxylation sites is 1. The van der Waals surface area contributed by atoms with Crippen LogP contribution in [0.5, 0.6) is 23.0 Å². The molecule has 4 N–H and O–H groups in total. The van der Waals surface area contributed by atoms with Crippen molar-refractivity contribution in [1.82, 2.24) is 0 Å². The number of anilines is 1. The number of nitrogens with two attached hydrogens (primary N) is 1. The van der Waals surface area contributed by atoms with Crippen LogP contribution in [0.25, 0.3) is 0 Å². The molecule has 34 heavy (non-hydrogen) atoms. The summed E-state index contributed by atoms with van der Waals surface area (Å²) < 4.78 is 10.0. The first kappa shape index (κ1) is 23.9. The van der Waals surface area contributed by atoms with Crippen molar-refractivity contribution in [3.63, 3.8) is 0 Å². The van der Waals surface area contributed by atoms with Crippen molar-refractivity contribution in [2.75, 3.05) is 12.8 Å². The average molecular weight is 457 g/mol. The number of phenols is 2. The second-order valence-corrected chi connectivity index (χ2v) is 7.06. The Balaban J connectivity index is 0.000000191. The van der Waals surface area contributed by atoms with Crippen LogP contribution < -0.4 is 15.2 Å². The molecule has 0 aliphatic carbocycles. The van der Waals surface area contributed by atoms with Crippen molar-refractivity contribution in [3.05, 3.63) is 114 Å². The van der Waals surface area contributed by atoms with Crippen LogP contribution >= 0.6 is 0 Å². The van der Waals surface area contributed by atoms with Crippen LogP contribution in [-0.4, -0.2) is 29.1 Å². The monoisotopic (exact) mass is 457 g/mol. The molecule has 0 bridgehead atoms. The Hall–Kier alpha value is -4.78. The maximum Gasteiger partial charge on any atom is 0.347 e. The zero-order valence-corrected chi connectivity index (χ0v) is 18.3. The number of nitrogen functional groups attached to an aromatic ring is 1. The van der Waals surface area contributed by atoms with Gasteiger partial charge in [0, 0.05) is 23.4 Å². The highest BCUT2D eigenvalue weighted by Crippen LogP contribution is 2.25. The molecule has 0 atom stereocenters. The first-order valence-corrected chi connectivity index (χ1v) is 10.2. The third-order valence-corrected chi connectivity index (χ3v) is 4.68. The van der Waals surface area contributed by atoms with E-state index in [2.05, 4.69) is 0 Å². The highest BCUT2D eigenvalue weighted by atomic mass is 16.5. The summed E-state index contributed by atoms with van der Waals surface area (Å²) in [6.45, 7) is 0. The van der Waals surface area contributed by atoms with Crippen molar-refractivity contribution >= 4 is 17.4 Å². The van der Waals surface area contributed by atoms with Gasteiger partial charge in [-0.05, 0) is 36.4 Å². The largest absolute Gasteiger partial charge is 0.507 e. The van der Waals surface area contributed by atoms with Gasteiger partial charge in [0.15, 0.2) is 5.78 Å². The third kappa shape index (κ3) is 6.14. The smallest absolute Gasteiger partial charge is 0.347 e. The summed E-state index contributed by atoms with van der Waals surface area (Å²) in [7, 11) is 1.51. The Kier molecular flexibility index (Phi) is 7.86. The fraction of sp³-hybridized carbons (Fsp3) is 0.0370. The summed E-state index contributed by atoms with van der Waals surface area (Å²) in [6.07, 6.45) is 0. The van der Waals surface area contributed by atoms with E-state index >= 15 is 0 Å². The minimum Gasteiger partial charge on any atom is -0.507 e. The zero-order chi connectivity index (χ0) is 24.5. The number of phenolic OH excluding ortho intramolecular Hbond substituents is 2. The van der Waals surface area contributed by atoms with Crippen molar-refractivity contribution in [2.45, 2.75) is 0 Å². The molecular weight excluding hydrogens is 434 g/mol. The first-order valence-electron chi connectivity index (χ1n) is 10.2. The Labute approximate surface area is 196 Å². The van der Waals surface area contributed by atoms with E-state index in [9.17, 15) is 19.8 Å². The van der Waals surface area contributed by atoms with E-state index in [4.69, 9.17) is 15.2 Å². The molecule has 0 fully saturated rings. The van der Waals surface area contributed by atoms with Crippen molar-refractivity contribution < 1.29 is 29.3 Å². The average Bonchev–Trinajstić information content (AvgIpc) is 2.85. The highest BCUT2D eigenvalue weighted by molar-refractivity contribution is 6.10. The fourth-order valence-corrected chi connectivity index (χ4v) is 2.95. The molecule has 0 unspecified atom stereocenters. The minimum absolute atomic E-state index is 0.0711. The van der Waals surface area contributed by atoms with Crippen LogP contribution in [0.15, 0.2) is 97.1 Å². The van der Waals surface area contributed by atoms with E-state index in [1.54, 1.807) is 60.7 Å². The number of methoxy groups -OCH3 is 1. The minimum atomic E-state index is -0.617. The van der Waals surface area contributed by atoms with Crippen molar-refractivity contribution in [3.8, 4) is 23.0 Å². The van der Waals surface area contributed by atoms with E-state index in [0.717, 1.165) is 0 Å². The lowest BCUT2D eigenvalue weighted by Crippen LogP contribution is -2.08. The lowest BCUT2D eigenvalue weighted by atomic mass is 10.0. The Morgan fingerprint density at radius 2 is 1.29 bits per heavy atom.